The Bertz CT molecular complexity index is 2200. The van der Waals surface area contributed by atoms with Crippen molar-refractivity contribution in [3.05, 3.63) is 100.0 Å². The first-order chi connectivity index (χ1) is 29.2. The van der Waals surface area contributed by atoms with Crippen LogP contribution < -0.4 is 26.6 Å². The minimum Gasteiger partial charge on any atom is -0.388 e. The minimum atomic E-state index is -0.620. The third kappa shape index (κ3) is 9.75. The van der Waals surface area contributed by atoms with E-state index in [1.165, 1.54) is 39.1 Å². The number of rotatable bonds is 14. The third-order valence-corrected chi connectivity index (χ3v) is 13.1. The van der Waals surface area contributed by atoms with E-state index in [9.17, 15) is 18.8 Å². The van der Waals surface area contributed by atoms with Gasteiger partial charge in [-0.2, -0.15) is 4.98 Å². The summed E-state index contributed by atoms with van der Waals surface area (Å²) in [6.45, 7) is 5.39. The van der Waals surface area contributed by atoms with E-state index in [0.717, 1.165) is 94.3 Å². The minimum absolute atomic E-state index is 0.110. The van der Waals surface area contributed by atoms with Crippen molar-refractivity contribution in [2.45, 2.75) is 73.8 Å². The lowest BCUT2D eigenvalue weighted by Crippen LogP contribution is -2.36. The summed E-state index contributed by atoms with van der Waals surface area (Å²) < 4.78 is 16.7. The number of halogens is 2. The molecule has 4 aromatic rings. The normalized spacial score (nSPS) is 18.1. The van der Waals surface area contributed by atoms with Gasteiger partial charge in [-0.1, -0.05) is 29.8 Å². The monoisotopic (exact) mass is 854 g/mol. The summed E-state index contributed by atoms with van der Waals surface area (Å²) in [4.78, 5) is 51.5. The van der Waals surface area contributed by atoms with Crippen molar-refractivity contribution < 1.29 is 18.8 Å². The van der Waals surface area contributed by atoms with Gasteiger partial charge in [0, 0.05) is 80.6 Å². The van der Waals surface area contributed by atoms with Crippen LogP contribution in [0, 0.1) is 5.82 Å². The van der Waals surface area contributed by atoms with Crippen LogP contribution in [0.3, 0.4) is 0 Å². The molecule has 0 atom stereocenters. The summed E-state index contributed by atoms with van der Waals surface area (Å²) in [6.07, 6.45) is 9.09. The highest BCUT2D eigenvalue weighted by molar-refractivity contribution is 7.97. The number of aldehydes is 1. The van der Waals surface area contributed by atoms with Crippen LogP contribution in [-0.2, 0) is 26.3 Å². The zero-order valence-corrected chi connectivity index (χ0v) is 35.6. The number of hydrogen-bond acceptors (Lipinski definition) is 11. The first-order valence-corrected chi connectivity index (χ1v) is 21.6. The van der Waals surface area contributed by atoms with Crippen LogP contribution in [0.15, 0.2) is 76.7 Å². The van der Waals surface area contributed by atoms with Crippen molar-refractivity contribution in [2.24, 2.45) is 10.7 Å². The molecule has 4 aliphatic rings. The van der Waals surface area contributed by atoms with Gasteiger partial charge in [-0.3, -0.25) is 24.4 Å². The number of nitrogens with one attached hydrogen (secondary N) is 3. The molecule has 8 rings (SSSR count). The first kappa shape index (κ1) is 43.0. The number of carbonyl (C=O) groups is 3. The van der Waals surface area contributed by atoms with Crippen LogP contribution in [0.2, 0.25) is 5.02 Å². The van der Waals surface area contributed by atoms with Crippen molar-refractivity contribution >= 4 is 71.1 Å². The molecule has 60 heavy (non-hydrogen) atoms. The molecular formula is C44H52ClFN10O3S. The molecular weight excluding hydrogens is 803 g/mol. The number of aliphatic imine (C=N–C) groups is 1. The van der Waals surface area contributed by atoms with E-state index < -0.39 is 11.2 Å². The van der Waals surface area contributed by atoms with Gasteiger partial charge in [-0.15, -0.1) is 0 Å². The molecule has 3 fully saturated rings. The predicted octanol–water partition coefficient (Wildman–Crippen LogP) is 6.64. The van der Waals surface area contributed by atoms with Crippen molar-refractivity contribution in [3.8, 4) is 0 Å². The number of amidine groups is 1. The molecule has 16 heteroatoms. The fourth-order valence-corrected chi connectivity index (χ4v) is 9.48. The van der Waals surface area contributed by atoms with Gasteiger partial charge < -0.3 is 26.5 Å². The summed E-state index contributed by atoms with van der Waals surface area (Å²) in [6, 6.07) is 19.8. The standard InChI is InChI=1S/C40H45ClFN9OS.C4H7NO2/c1-44-34-21-27(6-8-31(34)36(43)45-2)26-10-16-49(17-11-26)24-25-4-3-5-30(20-25)53-50-18-12-29(13-19-50)47-39-46-23-32-37(48-39)51(38(52)40(32)14-15-40)35-22-28(42)7-9-33(35)41;6-3-1-2-5-4-7/h3-9,20-23,26,29,44H,10-19,24H2,1-2H3,(H2,43,45)(H,46,47,48);3-4H,1-2H2,(H,5,7). The van der Waals surface area contributed by atoms with Crippen LogP contribution >= 0.6 is 23.5 Å². The molecule has 13 nitrogen and oxygen atoms in total. The lowest BCUT2D eigenvalue weighted by atomic mass is 9.88. The predicted molar refractivity (Wildman–Crippen MR) is 237 cm³/mol. The zero-order valence-electron chi connectivity index (χ0n) is 34.0. The molecule has 4 heterocycles. The van der Waals surface area contributed by atoms with Crippen LogP contribution in [0.1, 0.15) is 73.1 Å². The van der Waals surface area contributed by atoms with E-state index in [1.807, 2.05) is 19.0 Å². The number of amides is 2. The second-order valence-electron chi connectivity index (χ2n) is 15.6. The van der Waals surface area contributed by atoms with Gasteiger partial charge in [0.2, 0.25) is 18.3 Å². The molecule has 2 amide bonds. The Morgan fingerprint density at radius 3 is 2.53 bits per heavy atom. The van der Waals surface area contributed by atoms with E-state index in [4.69, 9.17) is 22.3 Å². The number of hydrogen-bond donors (Lipinski definition) is 4. The van der Waals surface area contributed by atoms with E-state index in [-0.39, 0.29) is 11.9 Å². The topological polar surface area (TPSA) is 161 Å². The number of nitrogens with zero attached hydrogens (tertiary/aromatic N) is 6. The van der Waals surface area contributed by atoms with Crippen LogP contribution in [-0.4, -0.2) is 96.5 Å². The number of nitrogens with two attached hydrogens (primary N) is 1. The average Bonchev–Trinajstić information content (AvgIpc) is 4.04. The highest BCUT2D eigenvalue weighted by Gasteiger charge is 2.61. The van der Waals surface area contributed by atoms with Crippen molar-refractivity contribution in [2.75, 3.05) is 62.4 Å². The van der Waals surface area contributed by atoms with Crippen LogP contribution in [0.5, 0.6) is 0 Å². The van der Waals surface area contributed by atoms with Gasteiger partial charge in [0.25, 0.3) is 0 Å². The van der Waals surface area contributed by atoms with E-state index in [0.29, 0.717) is 53.6 Å². The Kier molecular flexibility index (Phi) is 14.0. The first-order valence-electron chi connectivity index (χ1n) is 20.5. The van der Waals surface area contributed by atoms with Gasteiger partial charge in [-0.05, 0) is 123 Å². The average molecular weight is 855 g/mol. The third-order valence-electron chi connectivity index (χ3n) is 11.7. The molecule has 2 saturated heterocycles. The molecule has 1 aliphatic carbocycles. The number of likely N-dealkylation sites (tertiary alicyclic amines) is 1. The highest BCUT2D eigenvalue weighted by atomic mass is 35.5. The fraction of sp³-hybridized carbons (Fsp3) is 0.409. The lowest BCUT2D eigenvalue weighted by Gasteiger charge is -2.33. The van der Waals surface area contributed by atoms with Gasteiger partial charge in [0.05, 0.1) is 16.1 Å². The quantitative estimate of drug-likeness (QED) is 0.0354. The van der Waals surface area contributed by atoms with Gasteiger partial charge >= 0.3 is 0 Å². The zero-order chi connectivity index (χ0) is 42.2. The van der Waals surface area contributed by atoms with Crippen molar-refractivity contribution in [3.63, 3.8) is 0 Å². The summed E-state index contributed by atoms with van der Waals surface area (Å²) in [5.74, 6) is 1.49. The highest BCUT2D eigenvalue weighted by Crippen LogP contribution is 2.59. The lowest BCUT2D eigenvalue weighted by molar-refractivity contribution is -0.119. The Labute approximate surface area is 359 Å². The molecule has 1 saturated carbocycles. The number of benzene rings is 3. The molecule has 0 radical (unpaired) electrons. The number of carbonyl (C=O) groups excluding carboxylic acids is 3. The summed E-state index contributed by atoms with van der Waals surface area (Å²) >= 11 is 8.28. The molecule has 3 aliphatic heterocycles. The number of anilines is 4. The molecule has 0 bridgehead atoms. The second-order valence-corrected chi connectivity index (χ2v) is 17.2. The Morgan fingerprint density at radius 1 is 1.05 bits per heavy atom. The van der Waals surface area contributed by atoms with Crippen molar-refractivity contribution in [1.82, 2.24) is 24.5 Å². The van der Waals surface area contributed by atoms with Gasteiger partial charge in [0.1, 0.15) is 23.8 Å². The largest absolute Gasteiger partial charge is 0.388 e. The molecule has 0 unspecified atom stereocenters. The summed E-state index contributed by atoms with van der Waals surface area (Å²) in [5, 5.41) is 9.45. The SMILES string of the molecule is CN=C(N)c1ccc(C2CCN(Cc3cccc(SN4CCC(Nc5ncc6c(n5)N(c5cc(F)ccc5Cl)C(=O)C65CC5)CC4)c3)CC2)cc1NC.O=CCCNC=O. The smallest absolute Gasteiger partial charge is 0.243 e. The molecule has 3 aromatic carbocycles. The van der Waals surface area contributed by atoms with E-state index in [2.05, 4.69) is 77.6 Å². The summed E-state index contributed by atoms with van der Waals surface area (Å²) in [7, 11) is 3.65. The van der Waals surface area contributed by atoms with Crippen molar-refractivity contribution in [1.29, 1.82) is 0 Å². The van der Waals surface area contributed by atoms with E-state index >= 15 is 0 Å². The fourth-order valence-electron chi connectivity index (χ4n) is 8.24. The molecule has 316 valence electrons. The maximum absolute atomic E-state index is 14.2. The second kappa shape index (κ2) is 19.5. The Morgan fingerprint density at radius 2 is 1.83 bits per heavy atom. The number of aromatic nitrogens is 2. The maximum atomic E-state index is 14.2. The number of piperidine rings is 2. The molecule has 5 N–H and O–H groups in total. The molecule has 1 spiro atoms. The van der Waals surface area contributed by atoms with E-state index in [1.54, 1.807) is 13.2 Å². The van der Waals surface area contributed by atoms with Gasteiger partial charge in [-0.25, -0.2) is 13.7 Å². The van der Waals surface area contributed by atoms with Gasteiger partial charge in [0.15, 0.2) is 0 Å². The number of fused-ring (bicyclic) bond motifs is 2. The molecule has 1 aromatic heterocycles. The van der Waals surface area contributed by atoms with Crippen LogP contribution in [0.4, 0.5) is 27.5 Å². The summed E-state index contributed by atoms with van der Waals surface area (Å²) in [5.41, 5.74) is 11.3. The van der Waals surface area contributed by atoms with Crippen LogP contribution in [0.25, 0.3) is 0 Å². The maximum Gasteiger partial charge on any atom is 0.243 e. The Balaban J connectivity index is 0.000000716. The Hall–Kier alpha value is -5.09.